The molecule has 3 rings (SSSR count). The number of hydrogen-bond donors (Lipinski definition) is 5. The van der Waals surface area contributed by atoms with E-state index in [1.807, 2.05) is 0 Å². The maximum absolute atomic E-state index is 11.9. The van der Waals surface area contributed by atoms with E-state index in [0.29, 0.717) is 10.9 Å². The third-order valence-electron chi connectivity index (χ3n) is 4.93. The van der Waals surface area contributed by atoms with Gasteiger partial charge in [0.25, 0.3) is 0 Å². The normalized spacial score (nSPS) is 25.8. The monoisotopic (exact) mass is 436 g/mol. The first kappa shape index (κ1) is 22.7. The molecule has 5 atom stereocenters. The van der Waals surface area contributed by atoms with Crippen molar-refractivity contribution in [3.05, 3.63) is 40.2 Å². The van der Waals surface area contributed by atoms with Gasteiger partial charge in [-0.05, 0) is 17.7 Å². The summed E-state index contributed by atoms with van der Waals surface area (Å²) >= 11 is 0. The molecule has 1 saturated heterocycles. The fourth-order valence-electron chi connectivity index (χ4n) is 3.40. The van der Waals surface area contributed by atoms with Crippen LogP contribution in [-0.2, 0) is 20.7 Å². The molecule has 2 amide bonds. The van der Waals surface area contributed by atoms with E-state index in [1.54, 1.807) is 6.07 Å². The van der Waals surface area contributed by atoms with Crippen molar-refractivity contribution in [3.8, 4) is 5.75 Å². The summed E-state index contributed by atoms with van der Waals surface area (Å²) in [5.41, 5.74) is -0.0105. The molecule has 5 unspecified atom stereocenters. The number of aliphatic hydroxyl groups excluding tert-OH is 3. The second kappa shape index (κ2) is 9.43. The minimum Gasteiger partial charge on any atom is -0.462 e. The van der Waals surface area contributed by atoms with Gasteiger partial charge in [-0.15, -0.1) is 0 Å². The number of benzene rings is 1. The number of aliphatic hydroxyl groups is 3. The lowest BCUT2D eigenvalue weighted by Gasteiger charge is -2.42. The highest BCUT2D eigenvalue weighted by molar-refractivity contribution is 5.87. The minimum absolute atomic E-state index is 0.0165. The van der Waals surface area contributed by atoms with E-state index in [1.165, 1.54) is 32.2 Å². The lowest BCUT2D eigenvalue weighted by molar-refractivity contribution is -0.244. The second-order valence-corrected chi connectivity index (χ2v) is 7.15. The lowest BCUT2D eigenvalue weighted by atomic mass is 9.97. The van der Waals surface area contributed by atoms with Gasteiger partial charge in [-0.25, -0.2) is 4.79 Å². The van der Waals surface area contributed by atoms with E-state index >= 15 is 0 Å². The van der Waals surface area contributed by atoms with E-state index in [0.717, 1.165) is 0 Å². The number of amides is 2. The van der Waals surface area contributed by atoms with Gasteiger partial charge in [0, 0.05) is 31.5 Å². The van der Waals surface area contributed by atoms with Crippen LogP contribution in [0, 0.1) is 0 Å². The quantitative estimate of drug-likeness (QED) is 0.335. The van der Waals surface area contributed by atoms with Crippen molar-refractivity contribution in [2.24, 2.45) is 0 Å². The number of carbonyl (C=O) groups excluding carboxylic acids is 2. The van der Waals surface area contributed by atoms with E-state index in [9.17, 15) is 29.7 Å². The Labute approximate surface area is 176 Å². The predicted molar refractivity (Wildman–Crippen MR) is 106 cm³/mol. The highest BCUT2D eigenvalue weighted by Gasteiger charge is 2.46. The molecule has 0 saturated carbocycles. The number of likely N-dealkylation sites (N-methyl/N-ethyl adjacent to an activating group) is 1. The molecule has 0 radical (unpaired) electrons. The zero-order chi connectivity index (χ0) is 22.7. The van der Waals surface area contributed by atoms with Gasteiger partial charge < -0.3 is 39.8 Å². The van der Waals surface area contributed by atoms with Gasteiger partial charge >= 0.3 is 5.63 Å². The summed E-state index contributed by atoms with van der Waals surface area (Å²) in [7, 11) is 1.49. The first-order valence-corrected chi connectivity index (χ1v) is 9.57. The highest BCUT2D eigenvalue weighted by Crippen LogP contribution is 2.27. The summed E-state index contributed by atoms with van der Waals surface area (Å²) in [5.74, 6) is -0.587. The van der Waals surface area contributed by atoms with Gasteiger partial charge in [0.1, 0.15) is 35.7 Å². The Bertz CT molecular complexity index is 1020. The molecule has 1 aromatic heterocycles. The van der Waals surface area contributed by atoms with Gasteiger partial charge in [0.05, 0.1) is 13.0 Å². The number of ether oxygens (including phenoxy) is 2. The van der Waals surface area contributed by atoms with E-state index in [4.69, 9.17) is 13.9 Å². The molecule has 1 aliphatic heterocycles. The first-order valence-electron chi connectivity index (χ1n) is 9.57. The van der Waals surface area contributed by atoms with Crippen molar-refractivity contribution in [1.29, 1.82) is 0 Å². The zero-order valence-electron chi connectivity index (χ0n) is 16.9. The summed E-state index contributed by atoms with van der Waals surface area (Å²) in [4.78, 5) is 35.2. The smallest absolute Gasteiger partial charge is 0.336 e. The van der Waals surface area contributed by atoms with E-state index in [2.05, 4.69) is 10.6 Å². The van der Waals surface area contributed by atoms with Crippen LogP contribution in [0.25, 0.3) is 11.0 Å². The molecule has 2 heterocycles. The fraction of sp³-hybridized carbons (Fsp3) is 0.450. The van der Waals surface area contributed by atoms with Crippen LogP contribution in [-0.4, -0.2) is 71.4 Å². The topological polar surface area (TPSA) is 168 Å². The Morgan fingerprint density at radius 1 is 1.19 bits per heavy atom. The number of fused-ring (bicyclic) bond motifs is 1. The Morgan fingerprint density at radius 3 is 2.58 bits per heavy atom. The van der Waals surface area contributed by atoms with Crippen LogP contribution in [0.1, 0.15) is 12.5 Å². The molecule has 168 valence electrons. The number of hydrogen-bond acceptors (Lipinski definition) is 9. The average Bonchev–Trinajstić information content (AvgIpc) is 2.72. The third kappa shape index (κ3) is 5.02. The molecule has 0 spiro atoms. The molecule has 31 heavy (non-hydrogen) atoms. The largest absolute Gasteiger partial charge is 0.462 e. The Morgan fingerprint density at radius 2 is 1.94 bits per heavy atom. The standard InChI is InChI=1S/C20H24N2O9/c1-9(24)22-17-19(28)18(27)14(8-23)31-20(17)29-11-3-4-12-10(5-15(25)21-2)6-16(26)30-13(12)7-11/h3-4,6-7,14,17-20,23,27-28H,5,8H2,1-2H3,(H,21,25)(H,22,24). The van der Waals surface area contributed by atoms with Crippen LogP contribution in [0.15, 0.2) is 33.5 Å². The van der Waals surface area contributed by atoms with Crippen molar-refractivity contribution >= 4 is 22.8 Å². The zero-order valence-corrected chi connectivity index (χ0v) is 16.9. The van der Waals surface area contributed by atoms with E-state index in [-0.39, 0.29) is 23.7 Å². The molecule has 5 N–H and O–H groups in total. The maximum atomic E-state index is 11.9. The van der Waals surface area contributed by atoms with Gasteiger partial charge in [-0.2, -0.15) is 0 Å². The minimum atomic E-state index is -1.46. The first-order chi connectivity index (χ1) is 14.7. The molecular weight excluding hydrogens is 412 g/mol. The van der Waals surface area contributed by atoms with E-state index < -0.39 is 48.8 Å². The lowest BCUT2D eigenvalue weighted by Crippen LogP contribution is -2.65. The van der Waals surface area contributed by atoms with Gasteiger partial charge in [0.15, 0.2) is 0 Å². The van der Waals surface area contributed by atoms with Crippen LogP contribution in [0.3, 0.4) is 0 Å². The molecule has 0 bridgehead atoms. The number of rotatable bonds is 6. The van der Waals surface area contributed by atoms with Crippen molar-refractivity contribution in [3.63, 3.8) is 0 Å². The Hall–Kier alpha value is -2.99. The van der Waals surface area contributed by atoms with Crippen LogP contribution < -0.4 is 21.0 Å². The maximum Gasteiger partial charge on any atom is 0.336 e. The molecule has 0 aliphatic carbocycles. The third-order valence-corrected chi connectivity index (χ3v) is 4.93. The van der Waals surface area contributed by atoms with Crippen LogP contribution in [0.5, 0.6) is 5.75 Å². The molecule has 2 aromatic rings. The fourth-order valence-corrected chi connectivity index (χ4v) is 3.40. The summed E-state index contributed by atoms with van der Waals surface area (Å²) in [6, 6.07) is 4.65. The molecule has 1 fully saturated rings. The average molecular weight is 436 g/mol. The SMILES string of the molecule is CNC(=O)Cc1cc(=O)oc2cc(OC3OC(CO)C(O)C(O)C3NC(C)=O)ccc12. The summed E-state index contributed by atoms with van der Waals surface area (Å²) < 4.78 is 16.5. The molecule has 1 aliphatic rings. The molecular formula is C20H24N2O9. The van der Waals surface area contributed by atoms with Crippen molar-refractivity contribution < 1.29 is 38.8 Å². The number of carbonyl (C=O) groups is 2. The summed E-state index contributed by atoms with van der Waals surface area (Å²) in [5, 5.41) is 35.3. The van der Waals surface area contributed by atoms with Crippen LogP contribution >= 0.6 is 0 Å². The van der Waals surface area contributed by atoms with Gasteiger partial charge in [-0.1, -0.05) is 0 Å². The Balaban J connectivity index is 1.92. The Kier molecular flexibility index (Phi) is 6.91. The molecule has 11 nitrogen and oxygen atoms in total. The van der Waals surface area contributed by atoms with Crippen molar-refractivity contribution in [2.75, 3.05) is 13.7 Å². The highest BCUT2D eigenvalue weighted by atomic mass is 16.7. The second-order valence-electron chi connectivity index (χ2n) is 7.15. The molecule has 11 heteroatoms. The van der Waals surface area contributed by atoms with Crippen LogP contribution in [0.4, 0.5) is 0 Å². The van der Waals surface area contributed by atoms with Gasteiger partial charge in [0.2, 0.25) is 18.1 Å². The predicted octanol–water partition coefficient (Wildman–Crippen LogP) is -1.60. The number of nitrogens with one attached hydrogen (secondary N) is 2. The van der Waals surface area contributed by atoms with Gasteiger partial charge in [-0.3, -0.25) is 9.59 Å². The summed E-state index contributed by atoms with van der Waals surface area (Å²) in [6.45, 7) is 0.646. The van der Waals surface area contributed by atoms with Crippen LogP contribution in [0.2, 0.25) is 0 Å². The van der Waals surface area contributed by atoms with Crippen molar-refractivity contribution in [1.82, 2.24) is 10.6 Å². The summed E-state index contributed by atoms with van der Waals surface area (Å²) in [6.07, 6.45) is -5.31. The molecule has 1 aromatic carbocycles. The van der Waals surface area contributed by atoms with Crippen molar-refractivity contribution in [2.45, 2.75) is 44.0 Å².